The molecule has 1 saturated heterocycles. The number of carboxylic acids is 1. The van der Waals surface area contributed by atoms with E-state index < -0.39 is 17.9 Å². The number of aliphatic carboxylic acids is 1. The minimum atomic E-state index is -0.940. The predicted molar refractivity (Wildman–Crippen MR) is 86.6 cm³/mol. The Bertz CT molecular complexity index is 566. The van der Waals surface area contributed by atoms with E-state index in [0.717, 1.165) is 3.57 Å². The van der Waals surface area contributed by atoms with Crippen LogP contribution in [0.25, 0.3) is 0 Å². The van der Waals surface area contributed by atoms with Gasteiger partial charge >= 0.3 is 5.97 Å². The fourth-order valence-electron chi connectivity index (χ4n) is 2.43. The van der Waals surface area contributed by atoms with E-state index in [2.05, 4.69) is 22.6 Å². The lowest BCUT2D eigenvalue weighted by molar-refractivity contribution is -0.142. The van der Waals surface area contributed by atoms with Crippen molar-refractivity contribution in [2.45, 2.75) is 13.0 Å². The SMILES string of the molecule is CCN(C(=O)c1cc(Cl)ccc1I)C1COCC1C(=O)O. The normalized spacial score (nSPS) is 21.3. The van der Waals surface area contributed by atoms with E-state index in [1.807, 2.05) is 6.92 Å². The average Bonchev–Trinajstić information content (AvgIpc) is 2.91. The summed E-state index contributed by atoms with van der Waals surface area (Å²) in [6, 6.07) is 4.65. The number of nitrogens with zero attached hydrogens (tertiary/aromatic N) is 1. The van der Waals surface area contributed by atoms with E-state index in [1.165, 1.54) is 0 Å². The number of benzene rings is 1. The highest BCUT2D eigenvalue weighted by Gasteiger charge is 2.39. The highest BCUT2D eigenvalue weighted by Crippen LogP contribution is 2.25. The van der Waals surface area contributed by atoms with E-state index in [0.29, 0.717) is 17.1 Å². The van der Waals surface area contributed by atoms with E-state index in [4.69, 9.17) is 16.3 Å². The largest absolute Gasteiger partial charge is 0.481 e. The van der Waals surface area contributed by atoms with Gasteiger partial charge in [0.2, 0.25) is 0 Å². The lowest BCUT2D eigenvalue weighted by Gasteiger charge is -2.29. The van der Waals surface area contributed by atoms with Gasteiger partial charge in [0.25, 0.3) is 5.91 Å². The molecule has 2 rings (SSSR count). The fourth-order valence-corrected chi connectivity index (χ4v) is 3.17. The average molecular weight is 424 g/mol. The summed E-state index contributed by atoms with van der Waals surface area (Å²) in [4.78, 5) is 25.5. The van der Waals surface area contributed by atoms with Crippen LogP contribution in [0.5, 0.6) is 0 Å². The number of ether oxygens (including phenoxy) is 1. The van der Waals surface area contributed by atoms with Crippen molar-refractivity contribution < 1.29 is 19.4 Å². The number of likely N-dealkylation sites (N-methyl/N-ethyl adjacent to an activating group) is 1. The Balaban J connectivity index is 2.30. The molecule has 1 fully saturated rings. The topological polar surface area (TPSA) is 66.8 Å². The van der Waals surface area contributed by atoms with Crippen LogP contribution in [0.4, 0.5) is 0 Å². The first kappa shape index (κ1) is 16.5. The van der Waals surface area contributed by atoms with E-state index in [1.54, 1.807) is 23.1 Å². The zero-order valence-electron chi connectivity index (χ0n) is 11.4. The highest BCUT2D eigenvalue weighted by atomic mass is 127. The molecule has 0 aromatic heterocycles. The minimum absolute atomic E-state index is 0.135. The Labute approximate surface area is 141 Å². The number of carboxylic acid groups (broad SMARTS) is 1. The van der Waals surface area contributed by atoms with Crippen LogP contribution in [0, 0.1) is 9.49 Å². The smallest absolute Gasteiger partial charge is 0.311 e. The Hall–Kier alpha value is -0.860. The van der Waals surface area contributed by atoms with Crippen LogP contribution in [0.15, 0.2) is 18.2 Å². The zero-order chi connectivity index (χ0) is 15.6. The van der Waals surface area contributed by atoms with Crippen LogP contribution in [-0.2, 0) is 9.53 Å². The molecular weight excluding hydrogens is 409 g/mol. The van der Waals surface area contributed by atoms with Gasteiger partial charge in [-0.15, -0.1) is 0 Å². The van der Waals surface area contributed by atoms with Gasteiger partial charge < -0.3 is 14.7 Å². The van der Waals surface area contributed by atoms with E-state index in [-0.39, 0.29) is 19.1 Å². The number of carbonyl (C=O) groups excluding carboxylic acids is 1. The molecule has 0 radical (unpaired) electrons. The molecule has 1 N–H and O–H groups in total. The summed E-state index contributed by atoms with van der Waals surface area (Å²) in [6.07, 6.45) is 0. The summed E-state index contributed by atoms with van der Waals surface area (Å²) in [7, 11) is 0. The molecule has 2 unspecified atom stereocenters. The Morgan fingerprint density at radius 3 is 2.81 bits per heavy atom. The second-order valence-electron chi connectivity index (χ2n) is 4.76. The van der Waals surface area contributed by atoms with Gasteiger partial charge in [-0.3, -0.25) is 9.59 Å². The van der Waals surface area contributed by atoms with Gasteiger partial charge in [0.1, 0.15) is 5.92 Å². The van der Waals surface area contributed by atoms with Crippen molar-refractivity contribution in [3.8, 4) is 0 Å². The summed E-state index contributed by atoms with van der Waals surface area (Å²) < 4.78 is 6.03. The Morgan fingerprint density at radius 2 is 2.19 bits per heavy atom. The van der Waals surface area contributed by atoms with Crippen LogP contribution in [0.1, 0.15) is 17.3 Å². The molecule has 1 aromatic carbocycles. The first-order valence-electron chi connectivity index (χ1n) is 6.52. The van der Waals surface area contributed by atoms with E-state index in [9.17, 15) is 14.7 Å². The number of rotatable bonds is 4. The first-order chi connectivity index (χ1) is 9.95. The van der Waals surface area contributed by atoms with Crippen LogP contribution in [0.3, 0.4) is 0 Å². The maximum Gasteiger partial charge on any atom is 0.311 e. The monoisotopic (exact) mass is 423 g/mol. The third-order valence-electron chi connectivity index (χ3n) is 3.53. The Morgan fingerprint density at radius 1 is 1.48 bits per heavy atom. The number of hydrogen-bond donors (Lipinski definition) is 1. The quantitative estimate of drug-likeness (QED) is 0.756. The summed E-state index contributed by atoms with van der Waals surface area (Å²) in [5.74, 6) is -1.85. The number of carbonyl (C=O) groups is 2. The zero-order valence-corrected chi connectivity index (χ0v) is 14.3. The van der Waals surface area contributed by atoms with Crippen molar-refractivity contribution in [3.05, 3.63) is 32.4 Å². The van der Waals surface area contributed by atoms with Crippen LogP contribution >= 0.6 is 34.2 Å². The lowest BCUT2D eigenvalue weighted by Crippen LogP contribution is -2.46. The molecule has 1 amide bonds. The predicted octanol–water partition coefficient (Wildman–Crippen LogP) is 2.51. The molecule has 1 aliphatic heterocycles. The van der Waals surface area contributed by atoms with Gasteiger partial charge in [-0.05, 0) is 47.7 Å². The second kappa shape index (κ2) is 6.93. The first-order valence-corrected chi connectivity index (χ1v) is 7.98. The molecule has 1 aromatic rings. The summed E-state index contributed by atoms with van der Waals surface area (Å²) in [6.45, 7) is 2.62. The highest BCUT2D eigenvalue weighted by molar-refractivity contribution is 14.1. The summed E-state index contributed by atoms with van der Waals surface area (Å²) >= 11 is 8.02. The fraction of sp³-hybridized carbons (Fsp3) is 0.429. The summed E-state index contributed by atoms with van der Waals surface area (Å²) in [5, 5.41) is 9.72. The van der Waals surface area contributed by atoms with Gasteiger partial charge in [-0.2, -0.15) is 0 Å². The van der Waals surface area contributed by atoms with Crippen molar-refractivity contribution in [2.75, 3.05) is 19.8 Å². The van der Waals surface area contributed by atoms with Gasteiger partial charge in [-0.25, -0.2) is 0 Å². The van der Waals surface area contributed by atoms with Crippen LogP contribution in [0.2, 0.25) is 5.02 Å². The molecule has 5 nitrogen and oxygen atoms in total. The molecule has 21 heavy (non-hydrogen) atoms. The van der Waals surface area contributed by atoms with Gasteiger partial charge in [0.15, 0.2) is 0 Å². The third kappa shape index (κ3) is 3.49. The standard InChI is InChI=1S/C14H15ClINO4/c1-2-17(12-7-21-6-10(12)14(19)20)13(18)9-5-8(15)3-4-11(9)16/h3-5,10,12H,2,6-7H2,1H3,(H,19,20). The molecule has 1 aliphatic rings. The number of amides is 1. The maximum absolute atomic E-state index is 12.7. The molecule has 0 bridgehead atoms. The van der Waals surface area contributed by atoms with Crippen molar-refractivity contribution in [2.24, 2.45) is 5.92 Å². The summed E-state index contributed by atoms with van der Waals surface area (Å²) in [5.41, 5.74) is 0.487. The number of hydrogen-bond acceptors (Lipinski definition) is 3. The molecule has 114 valence electrons. The minimum Gasteiger partial charge on any atom is -0.481 e. The molecular formula is C14H15ClINO4. The third-order valence-corrected chi connectivity index (χ3v) is 4.70. The van der Waals surface area contributed by atoms with Crippen molar-refractivity contribution in [3.63, 3.8) is 0 Å². The molecule has 0 saturated carbocycles. The molecule has 0 aliphatic carbocycles. The second-order valence-corrected chi connectivity index (χ2v) is 6.36. The van der Waals surface area contributed by atoms with E-state index >= 15 is 0 Å². The molecule has 2 atom stereocenters. The maximum atomic E-state index is 12.7. The molecule has 7 heteroatoms. The van der Waals surface area contributed by atoms with Crippen LogP contribution < -0.4 is 0 Å². The van der Waals surface area contributed by atoms with Gasteiger partial charge in [-0.1, -0.05) is 11.6 Å². The lowest BCUT2D eigenvalue weighted by atomic mass is 10.0. The van der Waals surface area contributed by atoms with Crippen molar-refractivity contribution in [1.29, 1.82) is 0 Å². The van der Waals surface area contributed by atoms with Crippen molar-refractivity contribution in [1.82, 2.24) is 4.90 Å². The van der Waals surface area contributed by atoms with Gasteiger partial charge in [0.05, 0.1) is 24.8 Å². The van der Waals surface area contributed by atoms with Crippen molar-refractivity contribution >= 4 is 46.1 Å². The van der Waals surface area contributed by atoms with Crippen LogP contribution in [-0.4, -0.2) is 47.7 Å². The van der Waals surface area contributed by atoms with Gasteiger partial charge in [0, 0.05) is 15.1 Å². The molecule has 0 spiro atoms. The number of halogens is 2. The molecule has 1 heterocycles. The Kier molecular flexibility index (Phi) is 5.45.